The summed E-state index contributed by atoms with van der Waals surface area (Å²) >= 11 is 0. The molecule has 0 spiro atoms. The summed E-state index contributed by atoms with van der Waals surface area (Å²) in [4.78, 5) is 70.5. The van der Waals surface area contributed by atoms with E-state index in [-0.39, 0.29) is 36.5 Å². The second-order valence-electron chi connectivity index (χ2n) is 15.8. The number of aryl methyl sites for hydroxylation is 1. The summed E-state index contributed by atoms with van der Waals surface area (Å²) < 4.78 is 36.7. The zero-order valence-corrected chi connectivity index (χ0v) is 34.8. The molecule has 0 unspecified atom stereocenters. The van der Waals surface area contributed by atoms with Crippen molar-refractivity contribution in [3.63, 3.8) is 0 Å². The third-order valence-electron chi connectivity index (χ3n) is 9.38. The first-order chi connectivity index (χ1) is 26.8. The highest BCUT2D eigenvalue weighted by Gasteiger charge is 2.50. The van der Waals surface area contributed by atoms with E-state index in [4.69, 9.17) is 14.0 Å². The Labute approximate surface area is 337 Å². The molecule has 2 heterocycles. The Kier molecular flexibility index (Phi) is 18.7. The average Bonchev–Trinajstić information content (AvgIpc) is 3.90. The van der Waals surface area contributed by atoms with Gasteiger partial charge in [-0.05, 0) is 55.6 Å². The summed E-state index contributed by atoms with van der Waals surface area (Å²) in [5.74, 6) is -1.83. The normalized spacial score (nSPS) is 18.9. The number of carbonyl (C=O) groups is 5. The molecule has 16 heteroatoms. The second kappa shape index (κ2) is 22.6. The fraction of sp³-hybridized carbons (Fsp3) is 0.585. The van der Waals surface area contributed by atoms with Gasteiger partial charge >= 0.3 is 0 Å². The lowest BCUT2D eigenvalue weighted by atomic mass is 9.93. The highest BCUT2D eigenvalue weighted by atomic mass is 32.2. The molecule has 0 aliphatic carbocycles. The van der Waals surface area contributed by atoms with Gasteiger partial charge in [-0.1, -0.05) is 88.4 Å². The van der Waals surface area contributed by atoms with Gasteiger partial charge in [0.15, 0.2) is 5.78 Å². The minimum atomic E-state index is -3.67. The van der Waals surface area contributed by atoms with Gasteiger partial charge in [-0.3, -0.25) is 33.4 Å². The number of Topliss-reactive ketones (excluding diaryl/α,β-unsaturated/α-hetero) is 1. The summed E-state index contributed by atoms with van der Waals surface area (Å²) in [7, 11) is -3.67. The molecule has 0 radical (unpaired) electrons. The zero-order valence-electron chi connectivity index (χ0n) is 34.0. The minimum Gasteiger partial charge on any atom is -0.379 e. The number of amides is 4. The minimum absolute atomic E-state index is 0.0171. The van der Waals surface area contributed by atoms with Crippen LogP contribution in [0.4, 0.5) is 0 Å². The van der Waals surface area contributed by atoms with Gasteiger partial charge in [0, 0.05) is 19.5 Å². The summed E-state index contributed by atoms with van der Waals surface area (Å²) in [6.45, 7) is 12.3. The first-order valence-corrected chi connectivity index (χ1v) is 21.4. The number of rotatable bonds is 20. The molecule has 57 heavy (non-hydrogen) atoms. The molecule has 2 aliphatic heterocycles. The van der Waals surface area contributed by atoms with Crippen LogP contribution < -0.4 is 21.3 Å². The van der Waals surface area contributed by atoms with Crippen LogP contribution in [0, 0.1) is 11.8 Å². The molecule has 4 amide bonds. The molecule has 5 atom stereocenters. The van der Waals surface area contributed by atoms with Crippen molar-refractivity contribution in [1.82, 2.24) is 26.2 Å². The molecule has 2 aromatic rings. The van der Waals surface area contributed by atoms with Gasteiger partial charge in [0.05, 0.1) is 38.7 Å². The van der Waals surface area contributed by atoms with E-state index in [1.165, 1.54) is 0 Å². The molecule has 2 aliphatic rings. The SMILES string of the molecule is CC(C)C[C@H](NC(=O)[C@H](CCc1ccccc1)NC(=O)CN1CCOCC1)C(=O)N[C@@H](Cc1ccccc1)C(=O)N[C@@H](CC(C)C)C(=O)[C@@]1(C)CO1.CS(=O)(=O)O. The molecule has 0 saturated carbocycles. The van der Waals surface area contributed by atoms with Gasteiger partial charge in [0.2, 0.25) is 23.6 Å². The molecule has 15 nitrogen and oxygen atoms in total. The van der Waals surface area contributed by atoms with Crippen LogP contribution in [0.25, 0.3) is 0 Å². The van der Waals surface area contributed by atoms with Crippen LogP contribution in [-0.2, 0) is 56.4 Å². The Morgan fingerprint density at radius 3 is 1.72 bits per heavy atom. The largest absolute Gasteiger partial charge is 0.379 e. The topological polar surface area (TPSA) is 213 Å². The van der Waals surface area contributed by atoms with Gasteiger partial charge in [0.1, 0.15) is 23.7 Å². The van der Waals surface area contributed by atoms with E-state index in [0.29, 0.717) is 64.8 Å². The summed E-state index contributed by atoms with van der Waals surface area (Å²) in [5.41, 5.74) is 0.915. The van der Waals surface area contributed by atoms with Crippen molar-refractivity contribution in [2.24, 2.45) is 11.8 Å². The van der Waals surface area contributed by atoms with Gasteiger partial charge < -0.3 is 30.7 Å². The Morgan fingerprint density at radius 2 is 1.19 bits per heavy atom. The monoisotopic (exact) mass is 815 g/mol. The van der Waals surface area contributed by atoms with Crippen LogP contribution >= 0.6 is 0 Å². The number of ketones is 1. The van der Waals surface area contributed by atoms with Crippen molar-refractivity contribution in [1.29, 1.82) is 0 Å². The molecule has 316 valence electrons. The lowest BCUT2D eigenvalue weighted by molar-refractivity contribution is -0.135. The number of benzene rings is 2. The number of morpholine rings is 1. The highest BCUT2D eigenvalue weighted by Crippen LogP contribution is 2.29. The van der Waals surface area contributed by atoms with Crippen molar-refractivity contribution in [3.8, 4) is 0 Å². The number of nitrogens with zero attached hydrogens (tertiary/aromatic N) is 1. The zero-order chi connectivity index (χ0) is 42.2. The lowest BCUT2D eigenvalue weighted by Gasteiger charge is -2.29. The number of hydrogen-bond donors (Lipinski definition) is 5. The quantitative estimate of drug-likeness (QED) is 0.0965. The molecule has 5 N–H and O–H groups in total. The van der Waals surface area contributed by atoms with E-state index in [1.54, 1.807) is 6.92 Å². The fourth-order valence-electron chi connectivity index (χ4n) is 6.33. The number of carbonyl (C=O) groups excluding carboxylic acids is 5. The van der Waals surface area contributed by atoms with Gasteiger partial charge in [-0.2, -0.15) is 8.42 Å². The first kappa shape index (κ1) is 47.2. The standard InChI is InChI=1S/C40H57N5O7.CH4O3S/c1-27(2)22-32(36(47)40(5)26-52-40)42-39(50)34(24-30-14-10-7-11-15-30)44-38(49)33(23-28(3)4)43-37(48)31(17-16-29-12-8-6-9-13-29)41-35(46)25-45-18-20-51-21-19-45;1-5(2,3)4/h6-15,27-28,31-34H,16-26H2,1-5H3,(H,41,46)(H,42,50)(H,43,48)(H,44,49);1H3,(H,2,3,4)/t31-,32-,33-,34-,40+;/m0./s1. The van der Waals surface area contributed by atoms with Crippen molar-refractivity contribution >= 4 is 39.5 Å². The van der Waals surface area contributed by atoms with Crippen LogP contribution in [0.15, 0.2) is 60.7 Å². The highest BCUT2D eigenvalue weighted by molar-refractivity contribution is 7.85. The van der Waals surface area contributed by atoms with E-state index in [9.17, 15) is 32.4 Å². The molecule has 2 aromatic carbocycles. The van der Waals surface area contributed by atoms with Crippen molar-refractivity contribution in [2.75, 3.05) is 45.7 Å². The second-order valence-corrected chi connectivity index (χ2v) is 17.2. The van der Waals surface area contributed by atoms with E-state index in [0.717, 1.165) is 11.1 Å². The Hall–Kier alpha value is -4.22. The predicted molar refractivity (Wildman–Crippen MR) is 216 cm³/mol. The van der Waals surface area contributed by atoms with E-state index < -0.39 is 57.6 Å². The van der Waals surface area contributed by atoms with Gasteiger partial charge in [-0.25, -0.2) is 0 Å². The lowest BCUT2D eigenvalue weighted by Crippen LogP contribution is -2.59. The van der Waals surface area contributed by atoms with Gasteiger partial charge in [0.25, 0.3) is 10.1 Å². The molecule has 0 aromatic heterocycles. The molecule has 4 rings (SSSR count). The van der Waals surface area contributed by atoms with Crippen LogP contribution in [0.2, 0.25) is 0 Å². The Bertz CT molecular complexity index is 1710. The number of epoxide rings is 1. The number of nitrogens with one attached hydrogen (secondary N) is 4. The number of hydrogen-bond acceptors (Lipinski definition) is 10. The van der Waals surface area contributed by atoms with Crippen molar-refractivity contribution in [3.05, 3.63) is 71.8 Å². The van der Waals surface area contributed by atoms with Crippen LogP contribution in [0.1, 0.15) is 65.0 Å². The molecule has 2 saturated heterocycles. The van der Waals surface area contributed by atoms with Crippen molar-refractivity contribution in [2.45, 2.75) is 96.5 Å². The first-order valence-electron chi connectivity index (χ1n) is 19.5. The molecular formula is C41H61N5O10S. The fourth-order valence-corrected chi connectivity index (χ4v) is 6.33. The van der Waals surface area contributed by atoms with E-state index in [2.05, 4.69) is 21.3 Å². The van der Waals surface area contributed by atoms with Gasteiger partial charge in [-0.15, -0.1) is 0 Å². The average molecular weight is 816 g/mol. The Morgan fingerprint density at radius 1 is 0.737 bits per heavy atom. The maximum Gasteiger partial charge on any atom is 0.261 e. The summed E-state index contributed by atoms with van der Waals surface area (Å²) in [5, 5.41) is 11.7. The Balaban J connectivity index is 0.00000163. The van der Waals surface area contributed by atoms with Crippen LogP contribution in [-0.4, -0.2) is 123 Å². The number of ether oxygens (including phenoxy) is 2. The third kappa shape index (κ3) is 18.3. The molecule has 0 bridgehead atoms. The molecular weight excluding hydrogens is 755 g/mol. The third-order valence-corrected chi connectivity index (χ3v) is 9.38. The van der Waals surface area contributed by atoms with Crippen LogP contribution in [0.3, 0.4) is 0 Å². The molecule has 2 fully saturated rings. The maximum atomic E-state index is 14.1. The predicted octanol–water partition coefficient (Wildman–Crippen LogP) is 2.09. The summed E-state index contributed by atoms with van der Waals surface area (Å²) in [6, 6.07) is 15.3. The van der Waals surface area contributed by atoms with E-state index in [1.807, 2.05) is 93.3 Å². The smallest absolute Gasteiger partial charge is 0.261 e. The van der Waals surface area contributed by atoms with Crippen LogP contribution in [0.5, 0.6) is 0 Å². The summed E-state index contributed by atoms with van der Waals surface area (Å²) in [6.07, 6.45) is 2.48. The van der Waals surface area contributed by atoms with E-state index >= 15 is 0 Å². The van der Waals surface area contributed by atoms with Crippen molar-refractivity contribution < 1.29 is 46.4 Å². The maximum absolute atomic E-state index is 14.1.